The van der Waals surface area contributed by atoms with Crippen molar-refractivity contribution in [2.45, 2.75) is 91.3 Å². The van der Waals surface area contributed by atoms with Gasteiger partial charge < -0.3 is 23.6 Å². The number of hydrogen-bond acceptors (Lipinski definition) is 6. The number of rotatable bonds is 3. The molecule has 10 nitrogen and oxygen atoms in total. The van der Waals surface area contributed by atoms with Crippen molar-refractivity contribution in [2.75, 3.05) is 26.2 Å². The number of halogens is 3. The molecule has 0 aliphatic carbocycles. The van der Waals surface area contributed by atoms with Crippen molar-refractivity contribution in [1.82, 2.24) is 28.9 Å². The molecule has 0 fully saturated rings. The summed E-state index contributed by atoms with van der Waals surface area (Å²) >= 11 is 12.5. The van der Waals surface area contributed by atoms with E-state index in [-0.39, 0.29) is 49.2 Å². The molecule has 0 saturated heterocycles. The van der Waals surface area contributed by atoms with Gasteiger partial charge in [0.15, 0.2) is 0 Å². The smallest absolute Gasteiger partial charge is 0.346 e. The van der Waals surface area contributed by atoms with Gasteiger partial charge in [0.05, 0.1) is 22.8 Å². The van der Waals surface area contributed by atoms with Gasteiger partial charge in [-0.05, 0) is 83.4 Å². The van der Waals surface area contributed by atoms with E-state index in [1.54, 1.807) is 33.4 Å². The van der Waals surface area contributed by atoms with Gasteiger partial charge in [0.25, 0.3) is 0 Å². The van der Waals surface area contributed by atoms with Crippen LogP contribution in [0.2, 0.25) is 0 Å². The van der Waals surface area contributed by atoms with Crippen LogP contribution in [0.4, 0.5) is 0 Å². The fourth-order valence-electron chi connectivity index (χ4n) is 7.00. The summed E-state index contributed by atoms with van der Waals surface area (Å²) in [5, 5.41) is 0. The summed E-state index contributed by atoms with van der Waals surface area (Å²) < 4.78 is 5.09. The van der Waals surface area contributed by atoms with E-state index in [1.807, 2.05) is 49.5 Å². The number of nitrogens with zero attached hydrogens (tertiary/aromatic N) is 8. The Morgan fingerprint density at radius 1 is 0.700 bits per heavy atom. The van der Waals surface area contributed by atoms with E-state index in [9.17, 15) is 9.59 Å². The summed E-state index contributed by atoms with van der Waals surface area (Å²) in [5.74, 6) is 2.35. The Kier molecular flexibility index (Phi) is 20.6. The van der Waals surface area contributed by atoms with Crippen LogP contribution in [-0.4, -0.2) is 83.4 Å². The molecule has 60 heavy (non-hydrogen) atoms. The number of amides is 2. The van der Waals surface area contributed by atoms with Crippen molar-refractivity contribution in [2.24, 2.45) is 9.98 Å². The molecule has 316 valence electrons. The Labute approximate surface area is 393 Å². The van der Waals surface area contributed by atoms with Gasteiger partial charge in [0.2, 0.25) is 11.8 Å². The first kappa shape index (κ1) is 50.9. The maximum atomic E-state index is 12.7. The van der Waals surface area contributed by atoms with Gasteiger partial charge >= 0.3 is 19.5 Å². The minimum absolute atomic E-state index is 0. The van der Waals surface area contributed by atoms with E-state index < -0.39 is 0 Å². The molecule has 0 atom stereocenters. The molecule has 8 rings (SSSR count). The van der Waals surface area contributed by atoms with Crippen LogP contribution in [0.15, 0.2) is 83.6 Å². The summed E-state index contributed by atoms with van der Waals surface area (Å²) in [5.41, 5.74) is 10.3. The molecule has 2 aromatic heterocycles. The van der Waals surface area contributed by atoms with E-state index in [1.165, 1.54) is 20.3 Å². The molecule has 14 heteroatoms. The SMILES string of the molecule is CC(C)c1cn(C2=NCC(=O)N3CCc4c(I)cccc4C3=C2)cn1.CC(Cl)Cl.CCc1cccc2c1CCN1C(=O)CN=C(n3cnc(C(C)C)c3)C=C21.[CH2-]C.[CH2-]C.[Zn+2]. The van der Waals surface area contributed by atoms with Gasteiger partial charge in [-0.1, -0.05) is 65.0 Å². The van der Waals surface area contributed by atoms with Crippen LogP contribution in [0.1, 0.15) is 106 Å². The molecule has 0 saturated carbocycles. The third-order valence-corrected chi connectivity index (χ3v) is 10.9. The number of carbonyl (C=O) groups excluding carboxylic acids is 2. The summed E-state index contributed by atoms with van der Waals surface area (Å²) in [7, 11) is 0. The van der Waals surface area contributed by atoms with Crippen molar-refractivity contribution in [3.63, 3.8) is 0 Å². The predicted octanol–water partition coefficient (Wildman–Crippen LogP) is 10.0. The van der Waals surface area contributed by atoms with Crippen LogP contribution < -0.4 is 0 Å². The summed E-state index contributed by atoms with van der Waals surface area (Å²) in [6.07, 6.45) is 14.4. The molecule has 6 heterocycles. The second-order valence-corrected chi connectivity index (χ2v) is 17.0. The number of imidazole rings is 2. The molecule has 0 N–H and O–H groups in total. The van der Waals surface area contributed by atoms with Crippen molar-refractivity contribution >= 4 is 80.7 Å². The number of allylic oxidation sites excluding steroid dienone is 2. The maximum Gasteiger partial charge on any atom is 2.00 e. The first-order chi connectivity index (χ1) is 28.4. The second-order valence-electron chi connectivity index (χ2n) is 14.3. The number of aromatic nitrogens is 4. The molecule has 4 aliphatic heterocycles. The van der Waals surface area contributed by atoms with Crippen LogP contribution in [0, 0.1) is 17.4 Å². The van der Waals surface area contributed by atoms with Crippen LogP contribution in [0.3, 0.4) is 0 Å². The van der Waals surface area contributed by atoms with Crippen molar-refractivity contribution in [1.29, 1.82) is 0 Å². The molecule has 0 radical (unpaired) electrons. The third kappa shape index (κ3) is 12.4. The van der Waals surface area contributed by atoms with Gasteiger partial charge in [-0.2, -0.15) is 13.8 Å². The zero-order chi connectivity index (χ0) is 43.4. The average molecular weight is 1020 g/mol. The summed E-state index contributed by atoms with van der Waals surface area (Å²) in [6, 6.07) is 12.7. The topological polar surface area (TPSA) is 101 Å². The average Bonchev–Trinajstić information content (AvgIpc) is 3.87. The summed E-state index contributed by atoms with van der Waals surface area (Å²) in [4.78, 5) is 46.8. The molecule has 2 aromatic carbocycles. The van der Waals surface area contributed by atoms with E-state index in [4.69, 9.17) is 23.2 Å². The minimum atomic E-state index is -0.222. The van der Waals surface area contributed by atoms with Crippen LogP contribution in [0.5, 0.6) is 0 Å². The first-order valence-corrected chi connectivity index (χ1v) is 22.1. The van der Waals surface area contributed by atoms with Crippen LogP contribution >= 0.6 is 45.8 Å². The van der Waals surface area contributed by atoms with Crippen LogP contribution in [-0.2, 0) is 48.3 Å². The van der Waals surface area contributed by atoms with Gasteiger partial charge in [-0.15, -0.1) is 23.2 Å². The maximum absolute atomic E-state index is 12.7. The number of benzene rings is 2. The Balaban J connectivity index is 0.000000270. The number of hydrogen-bond donors (Lipinski definition) is 0. The van der Waals surface area contributed by atoms with Gasteiger partial charge in [0.1, 0.15) is 42.3 Å². The molecule has 0 spiro atoms. The largest absolute Gasteiger partial charge is 2.00 e. The van der Waals surface area contributed by atoms with Crippen LogP contribution in [0.25, 0.3) is 11.4 Å². The number of carbonyl (C=O) groups is 2. The Bertz CT molecular complexity index is 2200. The fourth-order valence-corrected chi connectivity index (χ4v) is 7.77. The fraction of sp³-hybridized carbons (Fsp3) is 0.391. The van der Waals surface area contributed by atoms with Crippen molar-refractivity contribution in [3.8, 4) is 0 Å². The predicted molar refractivity (Wildman–Crippen MR) is 253 cm³/mol. The molecule has 2 amide bonds. The number of alkyl halides is 2. The zero-order valence-corrected chi connectivity index (χ0v) is 42.9. The van der Waals surface area contributed by atoms with Gasteiger partial charge in [-0.25, -0.2) is 9.97 Å². The molecular formula is C46H57Cl2IN8O2Zn. The van der Waals surface area contributed by atoms with E-state index >= 15 is 0 Å². The number of aryl methyl sites for hydroxylation is 1. The normalized spacial score (nSPS) is 15.1. The van der Waals surface area contributed by atoms with E-state index in [0.717, 1.165) is 71.4 Å². The second kappa shape index (κ2) is 24.3. The standard InChI is InChI=1S/C21H24N4O.C19H19IN4O.C2H4Cl2.2C2H5.Zn/c1-4-15-6-5-7-17-16(15)8-9-25-19(17)10-20(22-11-21(25)26)24-12-18(14(2)3)23-13-24;1-12(2)16-10-23(11-22-16)18-8-17-14-4-3-5-15(20)13(14)6-7-24(17)19(25)9-21-18;1-2(3)4;2*1-2;/h5-7,10,12-14H,4,8-9,11H2,1-3H3;3-5,8,10-12H,6-7,9H2,1-2H3;2H,1H3;2*1H2,2H3;/q;;;2*-1;+2. The minimum Gasteiger partial charge on any atom is -0.346 e. The molecular weight excluding hydrogens is 960 g/mol. The molecule has 0 bridgehead atoms. The Morgan fingerprint density at radius 3 is 1.53 bits per heavy atom. The zero-order valence-electron chi connectivity index (χ0n) is 36.3. The number of aliphatic imine (C=N–C) groups is 2. The summed E-state index contributed by atoms with van der Waals surface area (Å²) in [6.45, 7) is 24.1. The van der Waals surface area contributed by atoms with E-state index in [0.29, 0.717) is 18.4 Å². The van der Waals surface area contributed by atoms with Crippen molar-refractivity contribution < 1.29 is 29.1 Å². The van der Waals surface area contributed by atoms with Gasteiger partial charge in [0, 0.05) is 52.3 Å². The monoisotopic (exact) mass is 1010 g/mol. The Hall–Kier alpha value is -3.45. The quantitative estimate of drug-likeness (QED) is 0.0883. The number of fused-ring (bicyclic) bond motifs is 6. The van der Waals surface area contributed by atoms with E-state index in [2.05, 4.69) is 121 Å². The molecule has 4 aromatic rings. The third-order valence-electron chi connectivity index (χ3n) is 9.88. The first-order valence-electron chi connectivity index (χ1n) is 20.2. The Morgan fingerprint density at radius 2 is 1.12 bits per heavy atom. The van der Waals surface area contributed by atoms with Gasteiger partial charge in [-0.3, -0.25) is 28.7 Å². The molecule has 0 unspecified atom stereocenters. The molecule has 4 aliphatic rings. The van der Waals surface area contributed by atoms with Crippen molar-refractivity contribution in [3.05, 3.63) is 130 Å².